The number of benzene rings is 2. The second-order valence-corrected chi connectivity index (χ2v) is 8.24. The molecule has 0 radical (unpaired) electrons. The van der Waals surface area contributed by atoms with E-state index in [-0.39, 0.29) is 11.8 Å². The monoisotopic (exact) mass is 404 g/mol. The minimum atomic E-state index is -0.256. The first kappa shape index (κ1) is 20.2. The van der Waals surface area contributed by atoms with Gasteiger partial charge in [-0.2, -0.15) is 0 Å². The molecule has 0 unspecified atom stereocenters. The Hall–Kier alpha value is -3.12. The molecule has 2 aromatic rings. The van der Waals surface area contributed by atoms with Crippen LogP contribution in [0.15, 0.2) is 54.2 Å². The maximum absolute atomic E-state index is 13.6. The van der Waals surface area contributed by atoms with Crippen molar-refractivity contribution in [2.45, 2.75) is 6.92 Å². The molecule has 0 N–H and O–H groups in total. The van der Waals surface area contributed by atoms with Gasteiger partial charge in [0.2, 0.25) is 0 Å². The molecule has 6 heteroatoms. The average molecular weight is 405 g/mol. The van der Waals surface area contributed by atoms with Crippen LogP contribution in [-0.2, 0) is 9.59 Å². The number of likely N-dealkylation sites (N-methyl/N-ethyl adjacent to an activating group) is 1. The van der Waals surface area contributed by atoms with Gasteiger partial charge in [0.15, 0.2) is 0 Å². The molecule has 0 saturated carbocycles. The number of aryl methyl sites for hydroxylation is 1. The van der Waals surface area contributed by atoms with Crippen LogP contribution in [0.2, 0.25) is 0 Å². The predicted molar refractivity (Wildman–Crippen MR) is 120 cm³/mol. The Morgan fingerprint density at radius 2 is 1.53 bits per heavy atom. The van der Waals surface area contributed by atoms with Crippen molar-refractivity contribution in [2.24, 2.45) is 0 Å². The Labute approximate surface area is 178 Å². The quantitative estimate of drug-likeness (QED) is 0.733. The molecule has 6 nitrogen and oxygen atoms in total. The van der Waals surface area contributed by atoms with Crippen molar-refractivity contribution >= 4 is 28.8 Å². The predicted octanol–water partition coefficient (Wildman–Crippen LogP) is 2.59. The van der Waals surface area contributed by atoms with Crippen LogP contribution in [-0.4, -0.2) is 68.9 Å². The molecule has 2 aliphatic rings. The third-order valence-electron chi connectivity index (χ3n) is 5.82. The molecular weight excluding hydrogens is 376 g/mol. The summed E-state index contributed by atoms with van der Waals surface area (Å²) in [6.45, 7) is 5.20. The summed E-state index contributed by atoms with van der Waals surface area (Å²) < 4.78 is 0. The number of carbonyl (C=O) groups excluding carboxylic acids is 2. The van der Waals surface area contributed by atoms with E-state index in [9.17, 15) is 9.59 Å². The first-order valence-corrected chi connectivity index (χ1v) is 10.3. The minimum Gasteiger partial charge on any atom is -0.378 e. The zero-order valence-electron chi connectivity index (χ0n) is 18.1. The number of hydrogen-bond acceptors (Lipinski definition) is 5. The lowest BCUT2D eigenvalue weighted by atomic mass is 10.0. The second kappa shape index (κ2) is 7.95. The van der Waals surface area contributed by atoms with E-state index in [4.69, 9.17) is 0 Å². The van der Waals surface area contributed by atoms with E-state index in [0.717, 1.165) is 43.0 Å². The zero-order valence-corrected chi connectivity index (χ0v) is 18.1. The lowest BCUT2D eigenvalue weighted by Gasteiger charge is -2.34. The molecular formula is C24H28N4O2. The largest absolute Gasteiger partial charge is 0.378 e. The summed E-state index contributed by atoms with van der Waals surface area (Å²) in [5, 5.41) is 0. The van der Waals surface area contributed by atoms with Crippen LogP contribution in [0.4, 0.5) is 11.4 Å². The standard InChI is InChI=1S/C24H28N4O2/c1-17-8-10-18(11-9-17)21-22(27-14-12-26(4)13-15-27)24(30)28(23(21)29)20-7-5-6-19(16-20)25(2)3/h5-11,16H,12-15H2,1-4H3. The van der Waals surface area contributed by atoms with Gasteiger partial charge < -0.3 is 14.7 Å². The summed E-state index contributed by atoms with van der Waals surface area (Å²) in [4.78, 5) is 34.8. The maximum atomic E-state index is 13.6. The summed E-state index contributed by atoms with van der Waals surface area (Å²) >= 11 is 0. The van der Waals surface area contributed by atoms with E-state index in [1.165, 1.54) is 4.90 Å². The van der Waals surface area contributed by atoms with Gasteiger partial charge in [-0.15, -0.1) is 0 Å². The smallest absolute Gasteiger partial charge is 0.282 e. The Morgan fingerprint density at radius 1 is 0.867 bits per heavy atom. The van der Waals surface area contributed by atoms with Crippen molar-refractivity contribution < 1.29 is 9.59 Å². The summed E-state index contributed by atoms with van der Waals surface area (Å²) in [5.74, 6) is -0.496. The van der Waals surface area contributed by atoms with E-state index < -0.39 is 0 Å². The molecule has 0 spiro atoms. The third-order valence-corrected chi connectivity index (χ3v) is 5.82. The maximum Gasteiger partial charge on any atom is 0.282 e. The molecule has 2 amide bonds. The Balaban J connectivity index is 1.79. The molecule has 0 aromatic heterocycles. The fourth-order valence-electron chi connectivity index (χ4n) is 3.97. The molecule has 0 aliphatic carbocycles. The zero-order chi connectivity index (χ0) is 21.4. The molecule has 0 bridgehead atoms. The van der Waals surface area contributed by atoms with Crippen LogP contribution >= 0.6 is 0 Å². The van der Waals surface area contributed by atoms with Gasteiger partial charge in [-0.05, 0) is 37.7 Å². The number of nitrogens with zero attached hydrogens (tertiary/aromatic N) is 4. The Bertz CT molecular complexity index is 1000. The van der Waals surface area contributed by atoms with E-state index in [1.807, 2.05) is 74.4 Å². The molecule has 2 aromatic carbocycles. The van der Waals surface area contributed by atoms with Crippen LogP contribution < -0.4 is 9.80 Å². The van der Waals surface area contributed by atoms with Crippen LogP contribution in [0.1, 0.15) is 11.1 Å². The molecule has 30 heavy (non-hydrogen) atoms. The molecule has 156 valence electrons. The lowest BCUT2D eigenvalue weighted by Crippen LogP contribution is -2.46. The summed E-state index contributed by atoms with van der Waals surface area (Å²) in [7, 11) is 5.96. The normalized spacial score (nSPS) is 17.9. The minimum absolute atomic E-state index is 0.240. The van der Waals surface area contributed by atoms with Crippen molar-refractivity contribution in [1.29, 1.82) is 0 Å². The lowest BCUT2D eigenvalue weighted by molar-refractivity contribution is -0.120. The highest BCUT2D eigenvalue weighted by atomic mass is 16.2. The van der Waals surface area contributed by atoms with Crippen molar-refractivity contribution in [2.75, 3.05) is 57.1 Å². The van der Waals surface area contributed by atoms with Gasteiger partial charge in [0.1, 0.15) is 5.70 Å². The Kier molecular flexibility index (Phi) is 5.35. The molecule has 2 heterocycles. The van der Waals surface area contributed by atoms with Gasteiger partial charge in [0.05, 0.1) is 11.3 Å². The van der Waals surface area contributed by atoms with Gasteiger partial charge in [-0.1, -0.05) is 35.9 Å². The van der Waals surface area contributed by atoms with Crippen molar-refractivity contribution in [3.63, 3.8) is 0 Å². The summed E-state index contributed by atoms with van der Waals surface area (Å²) in [5.41, 5.74) is 4.47. The van der Waals surface area contributed by atoms with Gasteiger partial charge in [0.25, 0.3) is 11.8 Å². The number of hydrogen-bond donors (Lipinski definition) is 0. The van der Waals surface area contributed by atoms with E-state index in [1.54, 1.807) is 0 Å². The van der Waals surface area contributed by atoms with Gasteiger partial charge in [-0.3, -0.25) is 9.59 Å². The highest BCUT2D eigenvalue weighted by Gasteiger charge is 2.43. The molecule has 1 fully saturated rings. The number of carbonyl (C=O) groups is 2. The van der Waals surface area contributed by atoms with Crippen LogP contribution in [0.25, 0.3) is 5.57 Å². The van der Waals surface area contributed by atoms with E-state index in [0.29, 0.717) is 17.0 Å². The SMILES string of the molecule is Cc1ccc(C2=C(N3CCN(C)CC3)C(=O)N(c3cccc(N(C)C)c3)C2=O)cc1. The topological polar surface area (TPSA) is 47.1 Å². The van der Waals surface area contributed by atoms with E-state index >= 15 is 0 Å². The number of amides is 2. The van der Waals surface area contributed by atoms with Crippen molar-refractivity contribution in [3.8, 4) is 0 Å². The third kappa shape index (κ3) is 3.59. The first-order chi connectivity index (χ1) is 14.4. The highest BCUT2D eigenvalue weighted by molar-refractivity contribution is 6.45. The second-order valence-electron chi connectivity index (χ2n) is 8.24. The fourth-order valence-corrected chi connectivity index (χ4v) is 3.97. The van der Waals surface area contributed by atoms with Gasteiger partial charge in [-0.25, -0.2) is 4.90 Å². The van der Waals surface area contributed by atoms with Gasteiger partial charge in [0, 0.05) is 46.0 Å². The van der Waals surface area contributed by atoms with Crippen LogP contribution in [0.5, 0.6) is 0 Å². The summed E-state index contributed by atoms with van der Waals surface area (Å²) in [6, 6.07) is 15.4. The fraction of sp³-hybridized carbons (Fsp3) is 0.333. The summed E-state index contributed by atoms with van der Waals surface area (Å²) in [6.07, 6.45) is 0. The first-order valence-electron chi connectivity index (χ1n) is 10.3. The number of rotatable bonds is 4. The highest BCUT2D eigenvalue weighted by Crippen LogP contribution is 2.36. The molecule has 1 saturated heterocycles. The average Bonchev–Trinajstić information content (AvgIpc) is 2.99. The van der Waals surface area contributed by atoms with Crippen molar-refractivity contribution in [3.05, 3.63) is 65.4 Å². The Morgan fingerprint density at radius 3 is 2.17 bits per heavy atom. The van der Waals surface area contributed by atoms with Crippen molar-refractivity contribution in [1.82, 2.24) is 9.80 Å². The molecule has 2 aliphatic heterocycles. The molecule has 0 atom stereocenters. The number of piperazine rings is 1. The van der Waals surface area contributed by atoms with Crippen LogP contribution in [0, 0.1) is 6.92 Å². The van der Waals surface area contributed by atoms with Gasteiger partial charge >= 0.3 is 0 Å². The van der Waals surface area contributed by atoms with E-state index in [2.05, 4.69) is 16.8 Å². The number of imide groups is 1. The number of anilines is 2. The molecule has 4 rings (SSSR count). The van der Waals surface area contributed by atoms with Crippen LogP contribution in [0.3, 0.4) is 0 Å².